The van der Waals surface area contributed by atoms with Gasteiger partial charge in [-0.25, -0.2) is 0 Å². The first kappa shape index (κ1) is 17.5. The number of carbonyl (C=O) groups is 1. The molecule has 0 fully saturated rings. The van der Waals surface area contributed by atoms with Gasteiger partial charge in [-0.3, -0.25) is 14.9 Å². The van der Waals surface area contributed by atoms with E-state index in [4.69, 9.17) is 11.0 Å². The van der Waals surface area contributed by atoms with E-state index in [9.17, 15) is 14.9 Å². The summed E-state index contributed by atoms with van der Waals surface area (Å²) >= 11 is 0. The van der Waals surface area contributed by atoms with E-state index in [0.717, 1.165) is 5.56 Å². The van der Waals surface area contributed by atoms with Crippen molar-refractivity contribution >= 4 is 28.7 Å². The molecule has 25 heavy (non-hydrogen) atoms. The highest BCUT2D eigenvalue weighted by molar-refractivity contribution is 6.06. The van der Waals surface area contributed by atoms with Gasteiger partial charge < -0.3 is 16.4 Å². The lowest BCUT2D eigenvalue weighted by Gasteiger charge is -2.07. The zero-order valence-corrected chi connectivity index (χ0v) is 13.3. The van der Waals surface area contributed by atoms with E-state index in [1.54, 1.807) is 18.2 Å². The smallest absolute Gasteiger partial charge is 0.269 e. The Kier molecular flexibility index (Phi) is 5.32. The summed E-state index contributed by atoms with van der Waals surface area (Å²) in [6.07, 6.45) is 1.25. The number of carbonyl (C=O) groups excluding carboxylic acids is 1. The molecule has 4 N–H and O–H groups in total. The largest absolute Gasteiger partial charge is 0.397 e. The number of hydrogen-bond acceptors (Lipinski definition) is 6. The minimum Gasteiger partial charge on any atom is -0.397 e. The van der Waals surface area contributed by atoms with Crippen molar-refractivity contribution in [3.8, 4) is 6.07 Å². The monoisotopic (exact) mass is 337 g/mol. The van der Waals surface area contributed by atoms with Crippen LogP contribution >= 0.6 is 0 Å². The van der Waals surface area contributed by atoms with E-state index >= 15 is 0 Å². The van der Waals surface area contributed by atoms with Gasteiger partial charge in [0, 0.05) is 24.0 Å². The maximum absolute atomic E-state index is 12.1. The second-order valence-electron chi connectivity index (χ2n) is 5.16. The van der Waals surface area contributed by atoms with Crippen LogP contribution in [-0.2, 0) is 4.79 Å². The first-order chi connectivity index (χ1) is 11.9. The highest BCUT2D eigenvalue weighted by Crippen LogP contribution is 2.20. The number of aryl methyl sites for hydroxylation is 1. The van der Waals surface area contributed by atoms with Crippen molar-refractivity contribution in [2.24, 2.45) is 0 Å². The molecule has 0 aromatic heterocycles. The van der Waals surface area contributed by atoms with Crippen LogP contribution in [0.5, 0.6) is 0 Å². The van der Waals surface area contributed by atoms with Crippen molar-refractivity contribution < 1.29 is 9.72 Å². The molecule has 1 amide bonds. The second kappa shape index (κ2) is 7.61. The molecule has 0 aliphatic rings. The Bertz CT molecular complexity index is 882. The topological polar surface area (TPSA) is 134 Å². The van der Waals surface area contributed by atoms with E-state index < -0.39 is 10.8 Å². The maximum atomic E-state index is 12.1. The lowest BCUT2D eigenvalue weighted by atomic mass is 10.2. The number of benzene rings is 2. The van der Waals surface area contributed by atoms with Gasteiger partial charge in [-0.1, -0.05) is 6.07 Å². The number of nitrogens with two attached hydrogens (primary N) is 1. The van der Waals surface area contributed by atoms with E-state index in [1.807, 2.05) is 13.0 Å². The van der Waals surface area contributed by atoms with Gasteiger partial charge in [-0.05, 0) is 36.8 Å². The number of anilines is 3. The highest BCUT2D eigenvalue weighted by atomic mass is 16.6. The van der Waals surface area contributed by atoms with Gasteiger partial charge in [0.2, 0.25) is 0 Å². The minimum atomic E-state index is -0.644. The number of nitro groups is 1. The number of rotatable bonds is 5. The van der Waals surface area contributed by atoms with Crippen molar-refractivity contribution in [1.82, 2.24) is 0 Å². The molecule has 0 aliphatic carbocycles. The third-order valence-corrected chi connectivity index (χ3v) is 3.28. The number of nitro benzene ring substituents is 1. The second-order valence-corrected chi connectivity index (χ2v) is 5.16. The Hall–Kier alpha value is -3.86. The van der Waals surface area contributed by atoms with Crippen molar-refractivity contribution in [3.63, 3.8) is 0 Å². The van der Waals surface area contributed by atoms with Gasteiger partial charge in [0.1, 0.15) is 11.6 Å². The van der Waals surface area contributed by atoms with E-state index in [-0.39, 0.29) is 11.3 Å². The zero-order chi connectivity index (χ0) is 18.4. The molecule has 0 heterocycles. The molecular weight excluding hydrogens is 322 g/mol. The fourth-order valence-electron chi connectivity index (χ4n) is 1.98. The number of nitrogens with one attached hydrogen (secondary N) is 2. The number of nitrogen functional groups attached to an aromatic ring is 1. The van der Waals surface area contributed by atoms with Crippen molar-refractivity contribution in [2.45, 2.75) is 6.92 Å². The molecule has 0 atom stereocenters. The SMILES string of the molecule is Cc1ccc(N/C=C(/C#N)C(=O)Nc2ccc([N+](=O)[O-])cc2)c(N)c1. The lowest BCUT2D eigenvalue weighted by molar-refractivity contribution is -0.384. The Morgan fingerprint density at radius 3 is 2.52 bits per heavy atom. The average molecular weight is 337 g/mol. The molecule has 2 rings (SSSR count). The van der Waals surface area contributed by atoms with Crippen LogP contribution < -0.4 is 16.4 Å². The molecule has 2 aromatic rings. The summed E-state index contributed by atoms with van der Waals surface area (Å²) in [6.45, 7) is 1.90. The molecule has 8 nitrogen and oxygen atoms in total. The number of amides is 1. The molecular formula is C17H15N5O3. The number of nitriles is 1. The zero-order valence-electron chi connectivity index (χ0n) is 13.3. The molecule has 0 bridgehead atoms. The first-order valence-corrected chi connectivity index (χ1v) is 7.19. The standard InChI is InChI=1S/C17H15N5O3/c1-11-2-7-16(15(19)8-11)20-10-12(9-18)17(23)21-13-3-5-14(6-4-13)22(24)25/h2-8,10,20H,19H2,1H3,(H,21,23)/b12-10-. The minimum absolute atomic E-state index is 0.0921. The molecule has 0 radical (unpaired) electrons. The molecule has 0 saturated carbocycles. The summed E-state index contributed by atoms with van der Waals surface area (Å²) in [5.74, 6) is -0.644. The summed E-state index contributed by atoms with van der Waals surface area (Å²) in [5, 5.41) is 25.1. The molecule has 2 aromatic carbocycles. The Balaban J connectivity index is 2.09. The summed E-state index contributed by atoms with van der Waals surface area (Å²) in [4.78, 5) is 22.2. The van der Waals surface area contributed by atoms with Crippen LogP contribution in [0.2, 0.25) is 0 Å². The van der Waals surface area contributed by atoms with Gasteiger partial charge in [0.25, 0.3) is 11.6 Å². The molecule has 126 valence electrons. The highest BCUT2D eigenvalue weighted by Gasteiger charge is 2.11. The fourth-order valence-corrected chi connectivity index (χ4v) is 1.98. The predicted octanol–water partition coefficient (Wildman–Crippen LogP) is 2.94. The number of non-ortho nitro benzene ring substituents is 1. The van der Waals surface area contributed by atoms with Crippen LogP contribution in [-0.4, -0.2) is 10.8 Å². The summed E-state index contributed by atoms with van der Waals surface area (Å²) in [7, 11) is 0. The van der Waals surface area contributed by atoms with Gasteiger partial charge >= 0.3 is 0 Å². The number of hydrogen-bond donors (Lipinski definition) is 3. The fraction of sp³-hybridized carbons (Fsp3) is 0.0588. The van der Waals surface area contributed by atoms with Gasteiger partial charge in [0.05, 0.1) is 16.3 Å². The van der Waals surface area contributed by atoms with Crippen LogP contribution in [0.15, 0.2) is 54.2 Å². The van der Waals surface area contributed by atoms with E-state index in [1.165, 1.54) is 30.5 Å². The molecule has 0 unspecified atom stereocenters. The number of nitrogens with zero attached hydrogens (tertiary/aromatic N) is 2. The molecule has 0 saturated heterocycles. The van der Waals surface area contributed by atoms with E-state index in [2.05, 4.69) is 10.6 Å². The first-order valence-electron chi connectivity index (χ1n) is 7.19. The predicted molar refractivity (Wildman–Crippen MR) is 94.6 cm³/mol. The Morgan fingerprint density at radius 2 is 1.96 bits per heavy atom. The third-order valence-electron chi connectivity index (χ3n) is 3.28. The van der Waals surface area contributed by atoms with Crippen LogP contribution in [0.25, 0.3) is 0 Å². The summed E-state index contributed by atoms with van der Waals surface area (Å²) in [5.41, 5.74) is 7.99. The Morgan fingerprint density at radius 1 is 1.28 bits per heavy atom. The van der Waals surface area contributed by atoms with Crippen LogP contribution in [0.3, 0.4) is 0 Å². The van der Waals surface area contributed by atoms with Crippen LogP contribution in [0, 0.1) is 28.4 Å². The molecule has 0 spiro atoms. The van der Waals surface area contributed by atoms with Crippen molar-refractivity contribution in [1.29, 1.82) is 5.26 Å². The van der Waals surface area contributed by atoms with Gasteiger partial charge in [-0.15, -0.1) is 0 Å². The average Bonchev–Trinajstić information content (AvgIpc) is 2.57. The maximum Gasteiger partial charge on any atom is 0.269 e. The van der Waals surface area contributed by atoms with Crippen LogP contribution in [0.4, 0.5) is 22.7 Å². The lowest BCUT2D eigenvalue weighted by Crippen LogP contribution is -2.14. The van der Waals surface area contributed by atoms with Crippen molar-refractivity contribution in [2.75, 3.05) is 16.4 Å². The Labute approximate surface area is 143 Å². The third kappa shape index (κ3) is 4.56. The molecule has 0 aliphatic heterocycles. The summed E-state index contributed by atoms with van der Waals surface area (Å²) < 4.78 is 0. The van der Waals surface area contributed by atoms with Crippen LogP contribution in [0.1, 0.15) is 5.56 Å². The van der Waals surface area contributed by atoms with E-state index in [0.29, 0.717) is 17.1 Å². The summed E-state index contributed by atoms with van der Waals surface area (Å²) in [6, 6.07) is 12.4. The van der Waals surface area contributed by atoms with Gasteiger partial charge in [-0.2, -0.15) is 5.26 Å². The van der Waals surface area contributed by atoms with Gasteiger partial charge in [0.15, 0.2) is 0 Å². The normalized spacial score (nSPS) is 10.6. The quantitative estimate of drug-likeness (QED) is 0.252. The van der Waals surface area contributed by atoms with Crippen molar-refractivity contribution in [3.05, 3.63) is 69.9 Å². The molecule has 8 heteroatoms.